The summed E-state index contributed by atoms with van der Waals surface area (Å²) in [4.78, 5) is 0. The second kappa shape index (κ2) is 7.93. The fourth-order valence-electron chi connectivity index (χ4n) is 1.83. The molecule has 0 N–H and O–H groups in total. The van der Waals surface area contributed by atoms with E-state index in [2.05, 4.69) is 13.8 Å². The lowest BCUT2D eigenvalue weighted by atomic mass is 10.4. The normalized spacial score (nSPS) is 18.8. The predicted octanol–water partition coefficient (Wildman–Crippen LogP) is 2.79. The minimum atomic E-state index is -3.67. The largest absolute Gasteiger partial charge is 0.379 e. The standard InChI is InChI=1S/C9H20NO.CHF3/c1-3-10(9-11-4-2)7-5-6-8-10;2-1(3)4/h3-9H2,1-2H3;1H/q+1;. The van der Waals surface area contributed by atoms with Gasteiger partial charge >= 0.3 is 6.68 Å². The van der Waals surface area contributed by atoms with Gasteiger partial charge < -0.3 is 9.22 Å². The summed E-state index contributed by atoms with van der Waals surface area (Å²) in [5.74, 6) is 0. The second-order valence-electron chi connectivity index (χ2n) is 3.68. The van der Waals surface area contributed by atoms with Crippen molar-refractivity contribution < 1.29 is 22.4 Å². The molecule has 15 heavy (non-hydrogen) atoms. The van der Waals surface area contributed by atoms with Crippen molar-refractivity contribution in [2.24, 2.45) is 0 Å². The molecule has 0 saturated carbocycles. The van der Waals surface area contributed by atoms with Crippen molar-refractivity contribution in [1.82, 2.24) is 0 Å². The number of nitrogens with zero attached hydrogens (tertiary/aromatic N) is 1. The van der Waals surface area contributed by atoms with Crippen molar-refractivity contribution in [2.45, 2.75) is 33.4 Å². The quantitative estimate of drug-likeness (QED) is 0.672. The molecule has 1 aliphatic heterocycles. The monoisotopic (exact) mass is 228 g/mol. The topological polar surface area (TPSA) is 9.23 Å². The predicted molar refractivity (Wildman–Crippen MR) is 53.4 cm³/mol. The molecule has 0 amide bonds. The van der Waals surface area contributed by atoms with Crippen molar-refractivity contribution in [1.29, 1.82) is 0 Å². The molecule has 0 aromatic rings. The summed E-state index contributed by atoms with van der Waals surface area (Å²) in [5, 5.41) is 0. The Hall–Kier alpha value is -0.290. The maximum atomic E-state index is 9.67. The number of halogens is 3. The van der Waals surface area contributed by atoms with Crippen LogP contribution in [0.2, 0.25) is 0 Å². The van der Waals surface area contributed by atoms with Gasteiger partial charge in [0.2, 0.25) is 0 Å². The van der Waals surface area contributed by atoms with Crippen LogP contribution in [-0.4, -0.2) is 44.1 Å². The highest BCUT2D eigenvalue weighted by Crippen LogP contribution is 2.18. The Morgan fingerprint density at radius 1 is 1.13 bits per heavy atom. The number of hydrogen-bond acceptors (Lipinski definition) is 1. The molecule has 5 heteroatoms. The summed E-state index contributed by atoms with van der Waals surface area (Å²) in [7, 11) is 0. The smallest absolute Gasteiger partial charge is 0.332 e. The molecule has 0 aromatic heterocycles. The van der Waals surface area contributed by atoms with E-state index >= 15 is 0 Å². The van der Waals surface area contributed by atoms with E-state index < -0.39 is 6.68 Å². The first-order valence-electron chi connectivity index (χ1n) is 5.41. The summed E-state index contributed by atoms with van der Waals surface area (Å²) >= 11 is 0. The summed E-state index contributed by atoms with van der Waals surface area (Å²) in [5.41, 5.74) is 0. The summed E-state index contributed by atoms with van der Waals surface area (Å²) in [6.45, 7) is 6.37. The van der Waals surface area contributed by atoms with Gasteiger partial charge in [0.1, 0.15) is 0 Å². The van der Waals surface area contributed by atoms with Crippen LogP contribution < -0.4 is 0 Å². The lowest BCUT2D eigenvalue weighted by molar-refractivity contribution is -0.933. The van der Waals surface area contributed by atoms with Gasteiger partial charge in [0.05, 0.1) is 19.6 Å². The molecular weight excluding hydrogens is 207 g/mol. The van der Waals surface area contributed by atoms with E-state index in [1.807, 2.05) is 0 Å². The number of ether oxygens (including phenoxy) is 1. The summed E-state index contributed by atoms with van der Waals surface area (Å²) < 4.78 is 35.7. The van der Waals surface area contributed by atoms with Crippen LogP contribution in [0.25, 0.3) is 0 Å². The van der Waals surface area contributed by atoms with Gasteiger partial charge in [-0.3, -0.25) is 0 Å². The minimum Gasteiger partial charge on any atom is -0.332 e. The highest BCUT2D eigenvalue weighted by Gasteiger charge is 2.29. The first-order chi connectivity index (χ1) is 7.06. The van der Waals surface area contributed by atoms with Crippen molar-refractivity contribution in [2.75, 3.05) is 33.0 Å². The molecule has 92 valence electrons. The van der Waals surface area contributed by atoms with Crippen LogP contribution in [-0.2, 0) is 4.74 Å². The Labute approximate surface area is 89.6 Å². The first-order valence-corrected chi connectivity index (χ1v) is 5.41. The van der Waals surface area contributed by atoms with Gasteiger partial charge in [-0.25, -0.2) is 0 Å². The second-order valence-corrected chi connectivity index (χ2v) is 3.68. The van der Waals surface area contributed by atoms with E-state index in [9.17, 15) is 13.2 Å². The van der Waals surface area contributed by atoms with Crippen molar-refractivity contribution in [3.05, 3.63) is 0 Å². The number of hydrogen-bond donors (Lipinski definition) is 0. The fraction of sp³-hybridized carbons (Fsp3) is 1.00. The van der Waals surface area contributed by atoms with E-state index in [1.54, 1.807) is 0 Å². The van der Waals surface area contributed by atoms with Gasteiger partial charge in [-0.2, -0.15) is 13.2 Å². The van der Waals surface area contributed by atoms with Crippen molar-refractivity contribution >= 4 is 0 Å². The molecular formula is C10H21F3NO+. The molecule has 1 rings (SSSR count). The third-order valence-electron chi connectivity index (χ3n) is 2.76. The van der Waals surface area contributed by atoms with Crippen molar-refractivity contribution in [3.63, 3.8) is 0 Å². The highest BCUT2D eigenvalue weighted by molar-refractivity contribution is 4.50. The van der Waals surface area contributed by atoms with E-state index in [0.29, 0.717) is 0 Å². The molecule has 2 nitrogen and oxygen atoms in total. The Morgan fingerprint density at radius 3 is 1.93 bits per heavy atom. The zero-order valence-corrected chi connectivity index (χ0v) is 9.52. The SMILES string of the molecule is CCOC[N+]1(CC)CCCC1.FC(F)F. The number of quaternary nitrogens is 1. The molecule has 1 aliphatic rings. The molecule has 1 fully saturated rings. The molecule has 0 aliphatic carbocycles. The van der Waals surface area contributed by atoms with Gasteiger partial charge in [-0.05, 0) is 13.8 Å². The number of likely N-dealkylation sites (tertiary alicyclic amines) is 1. The summed E-state index contributed by atoms with van der Waals surface area (Å²) in [6, 6.07) is 0. The molecule has 0 unspecified atom stereocenters. The third-order valence-corrected chi connectivity index (χ3v) is 2.76. The average Bonchev–Trinajstić information content (AvgIpc) is 2.63. The Morgan fingerprint density at radius 2 is 1.60 bits per heavy atom. The lowest BCUT2D eigenvalue weighted by Crippen LogP contribution is -2.46. The van der Waals surface area contributed by atoms with Gasteiger partial charge in [0.15, 0.2) is 6.73 Å². The van der Waals surface area contributed by atoms with Crippen molar-refractivity contribution in [3.8, 4) is 0 Å². The molecule has 0 aromatic carbocycles. The molecule has 0 bridgehead atoms. The average molecular weight is 228 g/mol. The van der Waals surface area contributed by atoms with Gasteiger partial charge in [0.25, 0.3) is 0 Å². The van der Waals surface area contributed by atoms with Gasteiger partial charge in [-0.15, -0.1) is 0 Å². The molecule has 0 atom stereocenters. The van der Waals surface area contributed by atoms with Crippen LogP contribution in [0.1, 0.15) is 26.7 Å². The van der Waals surface area contributed by atoms with E-state index in [1.165, 1.54) is 37.0 Å². The van der Waals surface area contributed by atoms with Crippen LogP contribution in [0.5, 0.6) is 0 Å². The number of rotatable bonds is 4. The molecule has 0 radical (unpaired) electrons. The third kappa shape index (κ3) is 6.73. The van der Waals surface area contributed by atoms with Crippen LogP contribution in [0.15, 0.2) is 0 Å². The van der Waals surface area contributed by atoms with Crippen LogP contribution in [0.4, 0.5) is 13.2 Å². The molecule has 0 spiro atoms. The maximum absolute atomic E-state index is 9.67. The minimum absolute atomic E-state index is 0.861. The van der Waals surface area contributed by atoms with E-state index in [4.69, 9.17) is 4.74 Å². The van der Waals surface area contributed by atoms with Crippen LogP contribution >= 0.6 is 0 Å². The first kappa shape index (κ1) is 14.7. The van der Waals surface area contributed by atoms with Gasteiger partial charge in [0, 0.05) is 19.4 Å². The van der Waals surface area contributed by atoms with Gasteiger partial charge in [-0.1, -0.05) is 0 Å². The maximum Gasteiger partial charge on any atom is 0.379 e. The Kier molecular flexibility index (Phi) is 7.78. The summed E-state index contributed by atoms with van der Waals surface area (Å²) in [6.07, 6.45) is 2.78. The van der Waals surface area contributed by atoms with Crippen LogP contribution in [0, 0.1) is 0 Å². The van der Waals surface area contributed by atoms with E-state index in [0.717, 1.165) is 13.3 Å². The Balaban J connectivity index is 0.000000423. The lowest BCUT2D eigenvalue weighted by Gasteiger charge is -2.32. The molecule has 1 heterocycles. The molecule has 1 saturated heterocycles. The zero-order chi connectivity index (χ0) is 11.7. The number of alkyl halides is 3. The van der Waals surface area contributed by atoms with Crippen LogP contribution in [0.3, 0.4) is 0 Å². The van der Waals surface area contributed by atoms with E-state index in [-0.39, 0.29) is 0 Å². The zero-order valence-electron chi connectivity index (χ0n) is 9.52. The highest BCUT2D eigenvalue weighted by atomic mass is 19.4. The Bertz CT molecular complexity index is 147. The fourth-order valence-corrected chi connectivity index (χ4v) is 1.83.